The summed E-state index contributed by atoms with van der Waals surface area (Å²) in [5.74, 6) is -0.445. The van der Waals surface area contributed by atoms with Crippen LogP contribution in [0.5, 0.6) is 11.5 Å². The van der Waals surface area contributed by atoms with Crippen molar-refractivity contribution in [3.05, 3.63) is 47.5 Å². The van der Waals surface area contributed by atoms with E-state index in [4.69, 9.17) is 21.1 Å². The molecule has 2 aliphatic rings. The average Bonchev–Trinajstić information content (AvgIpc) is 3.28. The lowest BCUT2D eigenvalue weighted by Gasteiger charge is -2.20. The highest BCUT2D eigenvalue weighted by molar-refractivity contribution is 6.31. The summed E-state index contributed by atoms with van der Waals surface area (Å²) >= 11 is 5.98. The number of benzene rings is 2. The topological polar surface area (TPSA) is 113 Å². The maximum atomic E-state index is 13.0. The molecule has 1 N–H and O–H groups in total. The second kappa shape index (κ2) is 8.23. The Morgan fingerprint density at radius 2 is 1.84 bits per heavy atom. The number of hydrogen-bond donors (Lipinski definition) is 1. The number of fused-ring (bicyclic) bond motifs is 1. The Labute approximate surface area is 182 Å². The smallest absolute Gasteiger partial charge is 0.263 e. The van der Waals surface area contributed by atoms with Gasteiger partial charge in [0, 0.05) is 5.02 Å². The lowest BCUT2D eigenvalue weighted by atomic mass is 10.1. The van der Waals surface area contributed by atoms with Crippen LogP contribution in [0.3, 0.4) is 0 Å². The quantitative estimate of drug-likeness (QED) is 0.685. The summed E-state index contributed by atoms with van der Waals surface area (Å²) in [6.07, 6.45) is 0. The van der Waals surface area contributed by atoms with Gasteiger partial charge in [0.1, 0.15) is 18.0 Å². The van der Waals surface area contributed by atoms with Crippen molar-refractivity contribution in [2.24, 2.45) is 10.3 Å². The lowest BCUT2D eigenvalue weighted by Crippen LogP contribution is -2.43. The van der Waals surface area contributed by atoms with Gasteiger partial charge in [-0.05, 0) is 42.5 Å². The number of ether oxygens (including phenoxy) is 2. The summed E-state index contributed by atoms with van der Waals surface area (Å²) in [5, 5.41) is 12.1. The van der Waals surface area contributed by atoms with Gasteiger partial charge in [-0.15, -0.1) is 0 Å². The minimum absolute atomic E-state index is 0.282. The molecule has 1 saturated heterocycles. The fraction of sp³-hybridized carbons (Fsp3) is 0.250. The fourth-order valence-electron chi connectivity index (χ4n) is 3.45. The molecule has 160 valence electrons. The number of methoxy groups -OCH3 is 2. The second-order valence-electron chi connectivity index (χ2n) is 6.79. The molecular weight excluding hydrogens is 426 g/mol. The summed E-state index contributed by atoms with van der Waals surface area (Å²) < 4.78 is 10.3. The molecule has 2 atom stereocenters. The minimum Gasteiger partial charge on any atom is -0.497 e. The maximum Gasteiger partial charge on any atom is 0.263 e. The first-order chi connectivity index (χ1) is 14.9. The highest BCUT2D eigenvalue weighted by Gasteiger charge is 2.55. The minimum atomic E-state index is -0.997. The maximum absolute atomic E-state index is 13.0. The van der Waals surface area contributed by atoms with Gasteiger partial charge in [0.15, 0.2) is 12.1 Å². The molecule has 1 fully saturated rings. The third-order valence-electron chi connectivity index (χ3n) is 4.93. The molecule has 31 heavy (non-hydrogen) atoms. The standard InChI is InChI=1S/C20H18ClN5O5/c1-30-13-6-4-12(5-7-13)26-19(28)17-18(20(26)29)25(24-23-17)10-16(27)22-14-9-11(21)3-8-15(14)31-2/h3-9,17-18H,10H2,1-2H3,(H,22,27)/t17-,18+/m0/s1. The zero-order chi connectivity index (χ0) is 22.1. The monoisotopic (exact) mass is 443 g/mol. The largest absolute Gasteiger partial charge is 0.497 e. The van der Waals surface area contributed by atoms with Gasteiger partial charge >= 0.3 is 0 Å². The number of nitrogens with zero attached hydrogens (tertiary/aromatic N) is 4. The van der Waals surface area contributed by atoms with Crippen LogP contribution in [0.15, 0.2) is 52.8 Å². The average molecular weight is 444 g/mol. The van der Waals surface area contributed by atoms with Crippen molar-refractivity contribution in [3.8, 4) is 11.5 Å². The van der Waals surface area contributed by atoms with Crippen molar-refractivity contribution in [1.29, 1.82) is 0 Å². The Morgan fingerprint density at radius 1 is 1.10 bits per heavy atom. The van der Waals surface area contributed by atoms with E-state index >= 15 is 0 Å². The van der Waals surface area contributed by atoms with E-state index in [-0.39, 0.29) is 6.54 Å². The SMILES string of the molecule is COc1ccc(N2C(=O)[C@H]3N=NN(CC(=O)Nc4cc(Cl)ccc4OC)[C@H]3C2=O)cc1. The van der Waals surface area contributed by atoms with Crippen molar-refractivity contribution >= 4 is 40.7 Å². The number of amides is 3. The molecule has 2 heterocycles. The van der Waals surface area contributed by atoms with Crippen molar-refractivity contribution in [1.82, 2.24) is 5.01 Å². The van der Waals surface area contributed by atoms with Crippen LogP contribution in [-0.2, 0) is 14.4 Å². The molecule has 2 aliphatic heterocycles. The van der Waals surface area contributed by atoms with E-state index in [2.05, 4.69) is 15.7 Å². The molecule has 2 aromatic rings. The predicted molar refractivity (Wildman–Crippen MR) is 111 cm³/mol. The number of rotatable bonds is 6. The fourth-order valence-corrected chi connectivity index (χ4v) is 3.63. The van der Waals surface area contributed by atoms with Gasteiger partial charge in [-0.2, -0.15) is 5.11 Å². The van der Waals surface area contributed by atoms with Crippen molar-refractivity contribution < 1.29 is 23.9 Å². The van der Waals surface area contributed by atoms with Crippen molar-refractivity contribution in [3.63, 3.8) is 0 Å². The van der Waals surface area contributed by atoms with Crippen LogP contribution in [0, 0.1) is 0 Å². The zero-order valence-corrected chi connectivity index (χ0v) is 17.4. The molecular formula is C20H18ClN5O5. The number of carbonyl (C=O) groups excluding carboxylic acids is 3. The van der Waals surface area contributed by atoms with Gasteiger partial charge in [-0.25, -0.2) is 4.90 Å². The first-order valence-electron chi connectivity index (χ1n) is 9.25. The molecule has 0 spiro atoms. The Kier molecular flexibility index (Phi) is 5.47. The molecule has 0 unspecified atom stereocenters. The van der Waals surface area contributed by atoms with Gasteiger partial charge in [0.25, 0.3) is 11.8 Å². The number of halogens is 1. The van der Waals surface area contributed by atoms with Crippen LogP contribution in [0.2, 0.25) is 5.02 Å². The summed E-state index contributed by atoms with van der Waals surface area (Å²) in [6, 6.07) is 9.32. The van der Waals surface area contributed by atoms with E-state index in [9.17, 15) is 14.4 Å². The molecule has 4 rings (SSSR count). The highest BCUT2D eigenvalue weighted by atomic mass is 35.5. The van der Waals surface area contributed by atoms with Gasteiger partial charge in [0.05, 0.1) is 25.6 Å². The number of nitrogens with one attached hydrogen (secondary N) is 1. The van der Waals surface area contributed by atoms with Gasteiger partial charge in [0.2, 0.25) is 5.91 Å². The number of hydrogen-bond acceptors (Lipinski definition) is 8. The molecule has 0 aromatic heterocycles. The van der Waals surface area contributed by atoms with Gasteiger partial charge in [-0.3, -0.25) is 19.4 Å². The molecule has 10 nitrogen and oxygen atoms in total. The van der Waals surface area contributed by atoms with Crippen LogP contribution in [-0.4, -0.2) is 55.6 Å². The van der Waals surface area contributed by atoms with Crippen LogP contribution >= 0.6 is 11.6 Å². The Bertz CT molecular complexity index is 1070. The molecule has 0 radical (unpaired) electrons. The summed E-state index contributed by atoms with van der Waals surface area (Å²) in [5.41, 5.74) is 0.773. The van der Waals surface area contributed by atoms with E-state index in [1.165, 1.54) is 19.2 Å². The second-order valence-corrected chi connectivity index (χ2v) is 7.23. The van der Waals surface area contributed by atoms with Crippen molar-refractivity contribution in [2.75, 3.05) is 31.0 Å². The molecule has 2 aromatic carbocycles. The Balaban J connectivity index is 1.49. The third kappa shape index (κ3) is 3.77. The number of carbonyl (C=O) groups is 3. The summed E-state index contributed by atoms with van der Waals surface area (Å²) in [6.45, 7) is -0.282. The zero-order valence-electron chi connectivity index (χ0n) is 16.6. The Hall–Kier alpha value is -3.66. The third-order valence-corrected chi connectivity index (χ3v) is 5.16. The Morgan fingerprint density at radius 3 is 2.52 bits per heavy atom. The van der Waals surface area contributed by atoms with E-state index in [1.807, 2.05) is 0 Å². The van der Waals surface area contributed by atoms with E-state index in [0.717, 1.165) is 4.90 Å². The van der Waals surface area contributed by atoms with Gasteiger partial charge < -0.3 is 14.8 Å². The van der Waals surface area contributed by atoms with Gasteiger partial charge in [-0.1, -0.05) is 16.8 Å². The van der Waals surface area contributed by atoms with Crippen LogP contribution < -0.4 is 19.7 Å². The molecule has 11 heteroatoms. The lowest BCUT2D eigenvalue weighted by molar-refractivity contribution is -0.123. The summed E-state index contributed by atoms with van der Waals surface area (Å²) in [4.78, 5) is 39.4. The molecule has 0 saturated carbocycles. The number of imide groups is 1. The predicted octanol–water partition coefficient (Wildman–Crippen LogP) is 2.29. The van der Waals surface area contributed by atoms with E-state index in [1.54, 1.807) is 42.5 Å². The number of anilines is 2. The summed E-state index contributed by atoms with van der Waals surface area (Å²) in [7, 11) is 2.99. The molecule has 0 bridgehead atoms. The first kappa shape index (κ1) is 20.6. The molecule has 0 aliphatic carbocycles. The van der Waals surface area contributed by atoms with E-state index in [0.29, 0.717) is 27.9 Å². The van der Waals surface area contributed by atoms with Crippen LogP contribution in [0.25, 0.3) is 0 Å². The molecule has 3 amide bonds. The normalized spacial score (nSPS) is 19.6. The van der Waals surface area contributed by atoms with Crippen molar-refractivity contribution in [2.45, 2.75) is 12.1 Å². The highest BCUT2D eigenvalue weighted by Crippen LogP contribution is 2.33. The van der Waals surface area contributed by atoms with Crippen LogP contribution in [0.1, 0.15) is 0 Å². The van der Waals surface area contributed by atoms with E-state index < -0.39 is 29.8 Å². The first-order valence-corrected chi connectivity index (χ1v) is 9.63. The van der Waals surface area contributed by atoms with Crippen LogP contribution in [0.4, 0.5) is 11.4 Å².